The van der Waals surface area contributed by atoms with Crippen LogP contribution in [0.25, 0.3) is 11.0 Å². The molecule has 0 bridgehead atoms. The van der Waals surface area contributed by atoms with Gasteiger partial charge in [-0.15, -0.1) is 0 Å². The second-order valence-electron chi connectivity index (χ2n) is 4.84. The molecule has 2 aromatic rings. The zero-order valence-corrected chi connectivity index (χ0v) is 12.0. The predicted molar refractivity (Wildman–Crippen MR) is 77.1 cm³/mol. The zero-order valence-electron chi connectivity index (χ0n) is 12.0. The van der Waals surface area contributed by atoms with Crippen molar-refractivity contribution in [2.45, 2.75) is 13.0 Å². The molecule has 0 unspecified atom stereocenters. The Morgan fingerprint density at radius 3 is 2.86 bits per heavy atom. The van der Waals surface area contributed by atoms with Crippen molar-refractivity contribution in [1.29, 1.82) is 0 Å². The fourth-order valence-electron chi connectivity index (χ4n) is 2.10. The number of hydrogen-bond donors (Lipinski definition) is 1. The molecule has 0 fully saturated rings. The van der Waals surface area contributed by atoms with Gasteiger partial charge in [-0.1, -0.05) is 0 Å². The number of aromatic hydroxyl groups is 1. The van der Waals surface area contributed by atoms with Crippen LogP contribution in [0.2, 0.25) is 0 Å². The molecule has 0 atom stereocenters. The molecule has 0 radical (unpaired) electrons. The lowest BCUT2D eigenvalue weighted by Crippen LogP contribution is -2.22. The number of ether oxygens (including phenoxy) is 1. The van der Waals surface area contributed by atoms with E-state index in [-0.39, 0.29) is 18.1 Å². The van der Waals surface area contributed by atoms with E-state index in [0.29, 0.717) is 18.7 Å². The minimum atomic E-state index is -0.468. The van der Waals surface area contributed by atoms with Crippen molar-refractivity contribution in [3.05, 3.63) is 40.2 Å². The number of benzene rings is 1. The molecule has 0 spiro atoms. The van der Waals surface area contributed by atoms with Gasteiger partial charge in [0.15, 0.2) is 0 Å². The maximum Gasteiger partial charge on any atom is 0.336 e. The number of nitrogens with zero attached hydrogens (tertiary/aromatic N) is 1. The largest absolute Gasteiger partial charge is 0.508 e. The highest BCUT2D eigenvalue weighted by Gasteiger charge is 2.10. The first kappa shape index (κ1) is 15.1. The van der Waals surface area contributed by atoms with E-state index in [4.69, 9.17) is 4.42 Å². The number of esters is 1. The molecular formula is C15H17NO5. The Kier molecular flexibility index (Phi) is 4.59. The fourth-order valence-corrected chi connectivity index (χ4v) is 2.10. The third-order valence-corrected chi connectivity index (χ3v) is 3.18. The van der Waals surface area contributed by atoms with Gasteiger partial charge in [-0.05, 0) is 24.7 Å². The fraction of sp³-hybridized carbons (Fsp3) is 0.333. The highest BCUT2D eigenvalue weighted by atomic mass is 16.5. The highest BCUT2D eigenvalue weighted by Crippen LogP contribution is 2.22. The molecule has 2 rings (SSSR count). The lowest BCUT2D eigenvalue weighted by atomic mass is 10.1. The quantitative estimate of drug-likeness (QED) is 0.664. The Hall–Kier alpha value is -2.34. The van der Waals surface area contributed by atoms with Gasteiger partial charge >= 0.3 is 11.6 Å². The summed E-state index contributed by atoms with van der Waals surface area (Å²) in [7, 11) is 3.20. The number of rotatable bonds is 5. The molecule has 1 N–H and O–H groups in total. The Bertz CT molecular complexity index is 707. The van der Waals surface area contributed by atoms with Gasteiger partial charge in [-0.2, -0.15) is 0 Å². The predicted octanol–water partition coefficient (Wildman–Crippen LogP) is 1.49. The average Bonchev–Trinajstić information content (AvgIpc) is 2.43. The topological polar surface area (TPSA) is 80.0 Å². The molecule has 0 aliphatic carbocycles. The Morgan fingerprint density at radius 2 is 2.14 bits per heavy atom. The Morgan fingerprint density at radius 1 is 1.38 bits per heavy atom. The summed E-state index contributed by atoms with van der Waals surface area (Å²) in [5.74, 6) is -0.231. The van der Waals surface area contributed by atoms with Gasteiger partial charge in [0.25, 0.3) is 0 Å². The highest BCUT2D eigenvalue weighted by molar-refractivity contribution is 5.81. The van der Waals surface area contributed by atoms with Gasteiger partial charge < -0.3 is 19.2 Å². The van der Waals surface area contributed by atoms with Crippen molar-refractivity contribution in [2.75, 3.05) is 20.7 Å². The zero-order chi connectivity index (χ0) is 15.4. The number of phenolic OH excluding ortho intramolecular Hbond substituents is 1. The first-order valence-corrected chi connectivity index (χ1v) is 6.50. The minimum absolute atomic E-state index is 0.0434. The lowest BCUT2D eigenvalue weighted by Gasteiger charge is -2.16. The average molecular weight is 291 g/mol. The van der Waals surface area contributed by atoms with E-state index in [1.54, 1.807) is 12.1 Å². The second-order valence-corrected chi connectivity index (χ2v) is 4.84. The Balaban J connectivity index is 2.21. The van der Waals surface area contributed by atoms with Crippen LogP contribution in [-0.2, 0) is 16.1 Å². The van der Waals surface area contributed by atoms with E-state index in [9.17, 15) is 14.7 Å². The molecule has 1 aromatic heterocycles. The summed E-state index contributed by atoms with van der Waals surface area (Å²) in [5, 5.41) is 10.2. The van der Waals surface area contributed by atoms with Gasteiger partial charge in [-0.25, -0.2) is 4.79 Å². The number of fused-ring (bicyclic) bond motifs is 1. The van der Waals surface area contributed by atoms with E-state index in [1.807, 2.05) is 11.9 Å². The summed E-state index contributed by atoms with van der Waals surface area (Å²) in [6, 6.07) is 6.08. The van der Waals surface area contributed by atoms with Crippen LogP contribution < -0.4 is 5.63 Å². The van der Waals surface area contributed by atoms with Crippen molar-refractivity contribution >= 4 is 16.9 Å². The molecule has 6 nitrogen and oxygen atoms in total. The maximum atomic E-state index is 11.6. The van der Waals surface area contributed by atoms with Crippen molar-refractivity contribution in [3.8, 4) is 5.75 Å². The molecule has 6 heteroatoms. The van der Waals surface area contributed by atoms with E-state index in [2.05, 4.69) is 4.74 Å². The summed E-state index contributed by atoms with van der Waals surface area (Å²) in [6.45, 7) is 1.01. The van der Waals surface area contributed by atoms with E-state index < -0.39 is 5.63 Å². The standard InChI is InChI=1S/C15H17NO5/c1-16(6-5-14(18)20-2)9-10-7-15(19)21-13-8-11(17)3-4-12(10)13/h3-4,7-8,17H,5-6,9H2,1-2H3. The van der Waals surface area contributed by atoms with Gasteiger partial charge in [0.05, 0.1) is 13.5 Å². The molecule has 112 valence electrons. The molecule has 0 aliphatic heterocycles. The van der Waals surface area contributed by atoms with Crippen LogP contribution in [-0.4, -0.2) is 36.7 Å². The normalized spacial score (nSPS) is 11.0. The maximum absolute atomic E-state index is 11.6. The molecule has 0 amide bonds. The minimum Gasteiger partial charge on any atom is -0.508 e. The van der Waals surface area contributed by atoms with Crippen LogP contribution >= 0.6 is 0 Å². The molecule has 1 heterocycles. The number of carbonyl (C=O) groups excluding carboxylic acids is 1. The summed E-state index contributed by atoms with van der Waals surface area (Å²) in [4.78, 5) is 24.6. The first-order valence-electron chi connectivity index (χ1n) is 6.50. The van der Waals surface area contributed by atoms with Crippen LogP contribution in [0.5, 0.6) is 5.75 Å². The van der Waals surface area contributed by atoms with Crippen LogP contribution in [0.1, 0.15) is 12.0 Å². The summed E-state index contributed by atoms with van der Waals surface area (Å²) < 4.78 is 9.67. The summed E-state index contributed by atoms with van der Waals surface area (Å²) >= 11 is 0. The third-order valence-electron chi connectivity index (χ3n) is 3.18. The van der Waals surface area contributed by atoms with Crippen LogP contribution in [0.3, 0.4) is 0 Å². The molecule has 0 aliphatic rings. The van der Waals surface area contributed by atoms with Gasteiger partial charge in [0, 0.05) is 30.6 Å². The van der Waals surface area contributed by atoms with Gasteiger partial charge in [0.2, 0.25) is 0 Å². The molecular weight excluding hydrogens is 274 g/mol. The van der Waals surface area contributed by atoms with E-state index in [0.717, 1.165) is 10.9 Å². The first-order chi connectivity index (χ1) is 9.99. The van der Waals surface area contributed by atoms with Crippen LogP contribution in [0.15, 0.2) is 33.5 Å². The number of hydrogen-bond acceptors (Lipinski definition) is 6. The molecule has 21 heavy (non-hydrogen) atoms. The van der Waals surface area contributed by atoms with Crippen molar-refractivity contribution in [3.63, 3.8) is 0 Å². The third kappa shape index (κ3) is 3.82. The smallest absolute Gasteiger partial charge is 0.336 e. The van der Waals surface area contributed by atoms with Crippen molar-refractivity contribution < 1.29 is 19.1 Å². The van der Waals surface area contributed by atoms with Crippen LogP contribution in [0, 0.1) is 0 Å². The van der Waals surface area contributed by atoms with E-state index in [1.165, 1.54) is 19.2 Å². The van der Waals surface area contributed by atoms with Gasteiger partial charge in [-0.3, -0.25) is 4.79 Å². The molecule has 0 saturated carbocycles. The van der Waals surface area contributed by atoms with E-state index >= 15 is 0 Å². The lowest BCUT2D eigenvalue weighted by molar-refractivity contribution is -0.140. The summed E-state index contributed by atoms with van der Waals surface area (Å²) in [5.41, 5.74) is 0.664. The monoisotopic (exact) mass is 291 g/mol. The summed E-state index contributed by atoms with van der Waals surface area (Å²) in [6.07, 6.45) is 0.285. The molecule has 0 saturated heterocycles. The van der Waals surface area contributed by atoms with Crippen molar-refractivity contribution in [1.82, 2.24) is 4.90 Å². The van der Waals surface area contributed by atoms with Crippen LogP contribution in [0.4, 0.5) is 0 Å². The molecule has 1 aromatic carbocycles. The second kappa shape index (κ2) is 6.41. The van der Waals surface area contributed by atoms with Gasteiger partial charge in [0.1, 0.15) is 11.3 Å². The Labute approximate surface area is 121 Å². The SMILES string of the molecule is COC(=O)CCN(C)Cc1cc(=O)oc2cc(O)ccc12. The number of methoxy groups -OCH3 is 1. The van der Waals surface area contributed by atoms with Crippen molar-refractivity contribution in [2.24, 2.45) is 0 Å². The number of carbonyl (C=O) groups is 1. The number of phenols is 1.